The molecule has 0 aromatic rings. The Kier molecular flexibility index (Phi) is 4.66. The number of rotatable bonds is 4. The normalized spacial score (nSPS) is 22.9. The average molecular weight is 268 g/mol. The van der Waals surface area contributed by atoms with Gasteiger partial charge in [-0.25, -0.2) is 4.79 Å². The van der Waals surface area contributed by atoms with Crippen molar-refractivity contribution < 1.29 is 14.7 Å². The molecule has 0 bridgehead atoms. The van der Waals surface area contributed by atoms with E-state index in [2.05, 4.69) is 10.6 Å². The van der Waals surface area contributed by atoms with Crippen LogP contribution in [0.15, 0.2) is 0 Å². The molecule has 5 heteroatoms. The zero-order chi connectivity index (χ0) is 13.7. The van der Waals surface area contributed by atoms with Crippen molar-refractivity contribution in [2.45, 2.75) is 63.8 Å². The van der Waals surface area contributed by atoms with Crippen LogP contribution in [-0.2, 0) is 4.79 Å². The van der Waals surface area contributed by atoms with Crippen LogP contribution >= 0.6 is 0 Å². The molecule has 0 unspecified atom stereocenters. The second kappa shape index (κ2) is 6.26. The molecule has 0 aliphatic heterocycles. The number of urea groups is 1. The topological polar surface area (TPSA) is 78.4 Å². The van der Waals surface area contributed by atoms with Gasteiger partial charge in [0.2, 0.25) is 0 Å². The number of nitrogens with one attached hydrogen (secondary N) is 2. The second-order valence-corrected chi connectivity index (χ2v) is 5.95. The van der Waals surface area contributed by atoms with Gasteiger partial charge in [-0.2, -0.15) is 0 Å². The van der Waals surface area contributed by atoms with Gasteiger partial charge in [0.25, 0.3) is 0 Å². The van der Waals surface area contributed by atoms with Crippen molar-refractivity contribution in [3.8, 4) is 0 Å². The Balaban J connectivity index is 1.70. The van der Waals surface area contributed by atoms with Crippen molar-refractivity contribution in [1.29, 1.82) is 0 Å². The Hall–Kier alpha value is -1.26. The molecule has 0 saturated heterocycles. The van der Waals surface area contributed by atoms with Gasteiger partial charge in [-0.05, 0) is 25.7 Å². The maximum atomic E-state index is 11.8. The first kappa shape index (κ1) is 14.2. The number of carbonyl (C=O) groups excluding carboxylic acids is 1. The number of hydrogen-bond donors (Lipinski definition) is 3. The number of carboxylic acids is 1. The zero-order valence-corrected chi connectivity index (χ0v) is 11.4. The summed E-state index contributed by atoms with van der Waals surface area (Å²) in [6.07, 6.45) is 9.57. The minimum Gasteiger partial charge on any atom is -0.481 e. The molecular formula is C14H24N2O3. The van der Waals surface area contributed by atoms with E-state index in [9.17, 15) is 9.59 Å². The van der Waals surface area contributed by atoms with Crippen LogP contribution in [0.4, 0.5) is 4.79 Å². The molecule has 2 fully saturated rings. The maximum absolute atomic E-state index is 11.8. The van der Waals surface area contributed by atoms with Crippen molar-refractivity contribution in [3.63, 3.8) is 0 Å². The van der Waals surface area contributed by atoms with Crippen LogP contribution in [0.2, 0.25) is 0 Å². The third-order valence-electron chi connectivity index (χ3n) is 4.33. The Labute approximate surface area is 114 Å². The highest BCUT2D eigenvalue weighted by Crippen LogP contribution is 2.45. The predicted molar refractivity (Wildman–Crippen MR) is 71.9 cm³/mol. The summed E-state index contributed by atoms with van der Waals surface area (Å²) >= 11 is 0. The van der Waals surface area contributed by atoms with Gasteiger partial charge < -0.3 is 15.7 Å². The molecule has 0 radical (unpaired) electrons. The molecule has 2 amide bonds. The van der Waals surface area contributed by atoms with Crippen LogP contribution in [0.1, 0.15) is 57.8 Å². The highest BCUT2D eigenvalue weighted by Gasteiger charge is 2.50. The molecule has 2 aliphatic carbocycles. The van der Waals surface area contributed by atoms with Crippen LogP contribution in [-0.4, -0.2) is 29.7 Å². The molecule has 0 atom stereocenters. The van der Waals surface area contributed by atoms with Crippen LogP contribution in [0.25, 0.3) is 0 Å². The fourth-order valence-corrected chi connectivity index (χ4v) is 2.70. The number of carboxylic acid groups (broad SMARTS) is 1. The van der Waals surface area contributed by atoms with E-state index >= 15 is 0 Å². The summed E-state index contributed by atoms with van der Waals surface area (Å²) in [5.74, 6) is -0.793. The Morgan fingerprint density at radius 2 is 1.63 bits per heavy atom. The summed E-state index contributed by atoms with van der Waals surface area (Å²) in [5.41, 5.74) is -0.682. The lowest BCUT2D eigenvalue weighted by atomic mass is 9.97. The van der Waals surface area contributed by atoms with E-state index in [4.69, 9.17) is 5.11 Å². The number of amides is 2. The van der Waals surface area contributed by atoms with Gasteiger partial charge in [0.15, 0.2) is 0 Å². The first-order valence-electron chi connectivity index (χ1n) is 7.40. The summed E-state index contributed by atoms with van der Waals surface area (Å²) in [7, 11) is 0. The SMILES string of the molecule is O=C(NCC1(C(=O)O)CC1)NC1CCCCCCC1. The van der Waals surface area contributed by atoms with Gasteiger partial charge in [-0.15, -0.1) is 0 Å². The fraction of sp³-hybridized carbons (Fsp3) is 0.857. The average Bonchev–Trinajstić information content (AvgIpc) is 3.11. The number of hydrogen-bond acceptors (Lipinski definition) is 2. The Bertz CT molecular complexity index is 332. The molecule has 2 aliphatic rings. The smallest absolute Gasteiger partial charge is 0.315 e. The van der Waals surface area contributed by atoms with Crippen LogP contribution in [0.5, 0.6) is 0 Å². The van der Waals surface area contributed by atoms with Gasteiger partial charge in [0.05, 0.1) is 5.41 Å². The van der Waals surface area contributed by atoms with Crippen molar-refractivity contribution in [2.75, 3.05) is 6.54 Å². The van der Waals surface area contributed by atoms with Crippen molar-refractivity contribution >= 4 is 12.0 Å². The fourth-order valence-electron chi connectivity index (χ4n) is 2.70. The molecule has 5 nitrogen and oxygen atoms in total. The monoisotopic (exact) mass is 268 g/mol. The van der Waals surface area contributed by atoms with Crippen molar-refractivity contribution in [3.05, 3.63) is 0 Å². The summed E-state index contributed by atoms with van der Waals surface area (Å²) in [6.45, 7) is 0.251. The molecule has 0 spiro atoms. The standard InChI is InChI=1S/C14H24N2O3/c17-12(18)14(8-9-14)10-15-13(19)16-11-6-4-2-1-3-5-7-11/h11H,1-10H2,(H,17,18)(H2,15,16,19). The molecule has 0 heterocycles. The van der Waals surface area contributed by atoms with E-state index in [1.165, 1.54) is 32.1 Å². The van der Waals surface area contributed by atoms with Gasteiger partial charge in [0, 0.05) is 12.6 Å². The van der Waals surface area contributed by atoms with E-state index in [1.54, 1.807) is 0 Å². The maximum Gasteiger partial charge on any atom is 0.315 e. The molecule has 19 heavy (non-hydrogen) atoms. The lowest BCUT2D eigenvalue weighted by Crippen LogP contribution is -2.45. The molecule has 3 N–H and O–H groups in total. The third-order valence-corrected chi connectivity index (χ3v) is 4.33. The number of aliphatic carboxylic acids is 1. The largest absolute Gasteiger partial charge is 0.481 e. The predicted octanol–water partition coefficient (Wildman–Crippen LogP) is 2.26. The van der Waals surface area contributed by atoms with Crippen LogP contribution in [0.3, 0.4) is 0 Å². The van der Waals surface area contributed by atoms with Gasteiger partial charge >= 0.3 is 12.0 Å². The van der Waals surface area contributed by atoms with Crippen molar-refractivity contribution in [1.82, 2.24) is 10.6 Å². The van der Waals surface area contributed by atoms with Crippen molar-refractivity contribution in [2.24, 2.45) is 5.41 Å². The summed E-state index contributed by atoms with van der Waals surface area (Å²) in [6, 6.07) is 0.0402. The highest BCUT2D eigenvalue weighted by atomic mass is 16.4. The quantitative estimate of drug-likeness (QED) is 0.731. The minimum atomic E-state index is -0.793. The molecule has 2 rings (SSSR count). The molecule has 0 aromatic carbocycles. The van der Waals surface area contributed by atoms with E-state index < -0.39 is 11.4 Å². The molecule has 108 valence electrons. The minimum absolute atomic E-state index is 0.210. The van der Waals surface area contributed by atoms with E-state index in [0.29, 0.717) is 12.8 Å². The Morgan fingerprint density at radius 3 is 2.16 bits per heavy atom. The number of carbonyl (C=O) groups is 2. The van der Waals surface area contributed by atoms with Gasteiger partial charge in [-0.1, -0.05) is 32.1 Å². The highest BCUT2D eigenvalue weighted by molar-refractivity contribution is 5.80. The molecule has 0 aromatic heterocycles. The molecule has 2 saturated carbocycles. The van der Waals surface area contributed by atoms with E-state index in [0.717, 1.165) is 12.8 Å². The first-order valence-corrected chi connectivity index (χ1v) is 7.40. The van der Waals surface area contributed by atoms with Gasteiger partial charge in [0.1, 0.15) is 0 Å². The van der Waals surface area contributed by atoms with E-state index in [-0.39, 0.29) is 18.6 Å². The lowest BCUT2D eigenvalue weighted by molar-refractivity contribution is -0.143. The lowest BCUT2D eigenvalue weighted by Gasteiger charge is -2.21. The summed E-state index contributed by atoms with van der Waals surface area (Å²) in [4.78, 5) is 22.8. The third kappa shape index (κ3) is 4.11. The molecular weight excluding hydrogens is 244 g/mol. The van der Waals surface area contributed by atoms with Crippen LogP contribution < -0.4 is 10.6 Å². The zero-order valence-electron chi connectivity index (χ0n) is 11.4. The summed E-state index contributed by atoms with van der Waals surface area (Å²) in [5, 5.41) is 14.7. The first-order chi connectivity index (χ1) is 9.12. The van der Waals surface area contributed by atoms with Gasteiger partial charge in [-0.3, -0.25) is 4.79 Å². The Morgan fingerprint density at radius 1 is 1.05 bits per heavy atom. The van der Waals surface area contributed by atoms with E-state index in [1.807, 2.05) is 0 Å². The van der Waals surface area contributed by atoms with Crippen LogP contribution in [0, 0.1) is 5.41 Å². The summed E-state index contributed by atoms with van der Waals surface area (Å²) < 4.78 is 0. The second-order valence-electron chi connectivity index (χ2n) is 5.95.